The number of aromatic nitrogens is 1. The number of carbonyl (C=O) groups excluding carboxylic acids is 2. The topological polar surface area (TPSA) is 62.7 Å². The van der Waals surface area contributed by atoms with Gasteiger partial charge in [-0.1, -0.05) is 13.8 Å². The molecule has 0 atom stereocenters. The van der Waals surface area contributed by atoms with Gasteiger partial charge >= 0.3 is 6.09 Å². The van der Waals surface area contributed by atoms with Crippen LogP contribution in [0.1, 0.15) is 24.2 Å². The molecule has 1 aliphatic rings. The van der Waals surface area contributed by atoms with Gasteiger partial charge in [0.2, 0.25) is 0 Å². The van der Waals surface area contributed by atoms with Crippen molar-refractivity contribution in [2.75, 3.05) is 32.8 Å². The highest BCUT2D eigenvalue weighted by atomic mass is 16.6. The molecule has 2 amide bonds. The van der Waals surface area contributed by atoms with Crippen LogP contribution in [0.3, 0.4) is 0 Å². The van der Waals surface area contributed by atoms with Gasteiger partial charge < -0.3 is 14.5 Å². The van der Waals surface area contributed by atoms with Gasteiger partial charge in [0.15, 0.2) is 0 Å². The molecule has 0 aliphatic carbocycles. The van der Waals surface area contributed by atoms with Crippen LogP contribution in [0.15, 0.2) is 24.5 Å². The van der Waals surface area contributed by atoms with E-state index in [-0.39, 0.29) is 12.0 Å². The van der Waals surface area contributed by atoms with E-state index in [1.807, 2.05) is 13.8 Å². The van der Waals surface area contributed by atoms with Crippen LogP contribution < -0.4 is 0 Å². The van der Waals surface area contributed by atoms with Gasteiger partial charge in [0.1, 0.15) is 0 Å². The minimum atomic E-state index is -0.292. The van der Waals surface area contributed by atoms with Gasteiger partial charge in [-0.05, 0) is 18.1 Å². The van der Waals surface area contributed by atoms with Crippen LogP contribution >= 0.6 is 0 Å². The van der Waals surface area contributed by atoms with Gasteiger partial charge in [-0.2, -0.15) is 0 Å². The molecule has 1 fully saturated rings. The Balaban J connectivity index is 1.83. The average molecular weight is 291 g/mol. The van der Waals surface area contributed by atoms with E-state index in [1.54, 1.807) is 34.3 Å². The second-order valence-corrected chi connectivity index (χ2v) is 5.49. The van der Waals surface area contributed by atoms with Crippen molar-refractivity contribution in [3.05, 3.63) is 30.1 Å². The van der Waals surface area contributed by atoms with Crippen molar-refractivity contribution < 1.29 is 14.3 Å². The van der Waals surface area contributed by atoms with Crippen molar-refractivity contribution in [2.45, 2.75) is 13.8 Å². The molecule has 6 heteroatoms. The number of amides is 2. The summed E-state index contributed by atoms with van der Waals surface area (Å²) in [6, 6.07) is 3.40. The Morgan fingerprint density at radius 1 is 1.14 bits per heavy atom. The lowest BCUT2D eigenvalue weighted by atomic mass is 10.2. The summed E-state index contributed by atoms with van der Waals surface area (Å²) in [6.45, 7) is 6.49. The van der Waals surface area contributed by atoms with Gasteiger partial charge in [0.05, 0.1) is 6.61 Å². The molecule has 0 aromatic carbocycles. The van der Waals surface area contributed by atoms with Crippen molar-refractivity contribution in [3.8, 4) is 0 Å². The summed E-state index contributed by atoms with van der Waals surface area (Å²) in [6.07, 6.45) is 2.92. The molecule has 0 bridgehead atoms. The Morgan fingerprint density at radius 2 is 1.71 bits per heavy atom. The number of hydrogen-bond donors (Lipinski definition) is 0. The number of rotatable bonds is 3. The Kier molecular flexibility index (Phi) is 5.14. The number of nitrogens with zero attached hydrogens (tertiary/aromatic N) is 3. The molecule has 2 rings (SSSR count). The first-order valence-corrected chi connectivity index (χ1v) is 7.19. The second kappa shape index (κ2) is 7.06. The molecule has 0 unspecified atom stereocenters. The maximum absolute atomic E-state index is 12.3. The standard InChI is InChI=1S/C15H21N3O3/c1-12(2)11-21-15(20)18-9-7-17(8-10-18)14(19)13-3-5-16-6-4-13/h3-6,12H,7-11H2,1-2H3. The van der Waals surface area contributed by atoms with Crippen molar-refractivity contribution in [1.29, 1.82) is 0 Å². The van der Waals surface area contributed by atoms with Crippen LogP contribution in [0.2, 0.25) is 0 Å². The summed E-state index contributed by atoms with van der Waals surface area (Å²) < 4.78 is 5.20. The predicted molar refractivity (Wildman–Crippen MR) is 77.9 cm³/mol. The lowest BCUT2D eigenvalue weighted by Gasteiger charge is -2.34. The van der Waals surface area contributed by atoms with Crippen LogP contribution in [-0.4, -0.2) is 59.6 Å². The Hall–Kier alpha value is -2.11. The second-order valence-electron chi connectivity index (χ2n) is 5.49. The third-order valence-electron chi connectivity index (χ3n) is 3.29. The molecule has 0 spiro atoms. The van der Waals surface area contributed by atoms with Crippen LogP contribution in [0.25, 0.3) is 0 Å². The molecule has 6 nitrogen and oxygen atoms in total. The highest BCUT2D eigenvalue weighted by Crippen LogP contribution is 2.09. The number of hydrogen-bond acceptors (Lipinski definition) is 4. The smallest absolute Gasteiger partial charge is 0.409 e. The summed E-state index contributed by atoms with van der Waals surface area (Å²) in [5.74, 6) is 0.302. The normalized spacial score (nSPS) is 15.2. The molecule has 1 aliphatic heterocycles. The Morgan fingerprint density at radius 3 is 2.29 bits per heavy atom. The van der Waals surface area contributed by atoms with Gasteiger partial charge in [0, 0.05) is 44.1 Å². The van der Waals surface area contributed by atoms with Gasteiger partial charge in [-0.3, -0.25) is 9.78 Å². The highest BCUT2D eigenvalue weighted by Gasteiger charge is 2.25. The van der Waals surface area contributed by atoms with Crippen LogP contribution in [-0.2, 0) is 4.74 Å². The van der Waals surface area contributed by atoms with E-state index >= 15 is 0 Å². The van der Waals surface area contributed by atoms with Crippen LogP contribution in [0.5, 0.6) is 0 Å². The zero-order chi connectivity index (χ0) is 15.2. The molecule has 1 saturated heterocycles. The fraction of sp³-hybridized carbons (Fsp3) is 0.533. The highest BCUT2D eigenvalue weighted by molar-refractivity contribution is 5.94. The summed E-state index contributed by atoms with van der Waals surface area (Å²) in [5.41, 5.74) is 0.626. The first-order chi connectivity index (χ1) is 10.1. The molecular weight excluding hydrogens is 270 g/mol. The molecule has 1 aromatic heterocycles. The van der Waals surface area contributed by atoms with Gasteiger partial charge in [-0.15, -0.1) is 0 Å². The molecule has 0 N–H and O–H groups in total. The van der Waals surface area contributed by atoms with E-state index in [4.69, 9.17) is 4.74 Å². The zero-order valence-electron chi connectivity index (χ0n) is 12.5. The lowest BCUT2D eigenvalue weighted by Crippen LogP contribution is -2.50. The van der Waals surface area contributed by atoms with Crippen molar-refractivity contribution in [3.63, 3.8) is 0 Å². The molecule has 114 valence electrons. The maximum Gasteiger partial charge on any atom is 0.409 e. The van der Waals surface area contributed by atoms with Crippen molar-refractivity contribution in [1.82, 2.24) is 14.8 Å². The van der Waals surface area contributed by atoms with E-state index in [1.165, 1.54) is 0 Å². The fourth-order valence-corrected chi connectivity index (χ4v) is 2.10. The van der Waals surface area contributed by atoms with E-state index in [0.29, 0.717) is 44.3 Å². The van der Waals surface area contributed by atoms with Gasteiger partial charge in [-0.25, -0.2) is 4.79 Å². The minimum Gasteiger partial charge on any atom is -0.449 e. The monoisotopic (exact) mass is 291 g/mol. The fourth-order valence-electron chi connectivity index (χ4n) is 2.10. The molecule has 0 saturated carbocycles. The number of piperazine rings is 1. The Labute approximate surface area is 124 Å². The largest absolute Gasteiger partial charge is 0.449 e. The SMILES string of the molecule is CC(C)COC(=O)N1CCN(C(=O)c2ccncc2)CC1. The van der Waals surface area contributed by atoms with Gasteiger partial charge in [0.25, 0.3) is 5.91 Å². The molecule has 0 radical (unpaired) electrons. The third kappa shape index (κ3) is 4.18. The summed E-state index contributed by atoms with van der Waals surface area (Å²) in [5, 5.41) is 0. The number of ether oxygens (including phenoxy) is 1. The van der Waals surface area contributed by atoms with Crippen LogP contribution in [0, 0.1) is 5.92 Å². The van der Waals surface area contributed by atoms with E-state index in [2.05, 4.69) is 4.98 Å². The van der Waals surface area contributed by atoms with Crippen molar-refractivity contribution in [2.24, 2.45) is 5.92 Å². The quantitative estimate of drug-likeness (QED) is 0.849. The first kappa shape index (κ1) is 15.3. The molecule has 21 heavy (non-hydrogen) atoms. The predicted octanol–water partition coefficient (Wildman–Crippen LogP) is 1.63. The molecule has 1 aromatic rings. The maximum atomic E-state index is 12.3. The summed E-state index contributed by atoms with van der Waals surface area (Å²) >= 11 is 0. The Bertz CT molecular complexity index is 482. The lowest BCUT2D eigenvalue weighted by molar-refractivity contribution is 0.0535. The summed E-state index contributed by atoms with van der Waals surface area (Å²) in [7, 11) is 0. The minimum absolute atomic E-state index is 0.0207. The molecular formula is C15H21N3O3. The first-order valence-electron chi connectivity index (χ1n) is 7.19. The number of pyridine rings is 1. The van der Waals surface area contributed by atoms with Crippen LogP contribution in [0.4, 0.5) is 4.79 Å². The van der Waals surface area contributed by atoms with Crippen molar-refractivity contribution >= 4 is 12.0 Å². The number of carbonyl (C=O) groups is 2. The van der Waals surface area contributed by atoms with E-state index < -0.39 is 0 Å². The van der Waals surface area contributed by atoms with E-state index in [0.717, 1.165) is 0 Å². The van der Waals surface area contributed by atoms with E-state index in [9.17, 15) is 9.59 Å². The average Bonchev–Trinajstić information content (AvgIpc) is 2.53. The third-order valence-corrected chi connectivity index (χ3v) is 3.29. The summed E-state index contributed by atoms with van der Waals surface area (Å²) in [4.78, 5) is 31.4. The molecule has 2 heterocycles. The zero-order valence-corrected chi connectivity index (χ0v) is 12.5.